The zero-order valence-corrected chi connectivity index (χ0v) is 14.8. The van der Waals surface area contributed by atoms with Gasteiger partial charge in [0.2, 0.25) is 0 Å². The number of aromatic nitrogens is 6. The molecule has 0 saturated heterocycles. The molecule has 0 bridgehead atoms. The molecule has 4 aromatic heterocycles. The van der Waals surface area contributed by atoms with Crippen LogP contribution in [0.25, 0.3) is 39.3 Å². The van der Waals surface area contributed by atoms with Crippen LogP contribution in [0.4, 0.5) is 10.2 Å². The molecule has 0 aliphatic heterocycles. The third-order valence-electron chi connectivity index (χ3n) is 4.63. The standard InChI is InChI=1S/C20H14FN7/c1-11-6-13(8-25-19(11)22)12-2-4-15-17(7-12)28-18(10-24-15)26-27-20(28)16-5-3-14(21)9-23-16/h2-10H,1H3,(H2,22,25). The van der Waals surface area contributed by atoms with Crippen molar-refractivity contribution >= 4 is 22.5 Å². The minimum Gasteiger partial charge on any atom is -0.383 e. The Morgan fingerprint density at radius 2 is 1.79 bits per heavy atom. The summed E-state index contributed by atoms with van der Waals surface area (Å²) in [7, 11) is 0. The highest BCUT2D eigenvalue weighted by molar-refractivity contribution is 5.85. The number of fused-ring (bicyclic) bond motifs is 3. The van der Waals surface area contributed by atoms with Crippen LogP contribution < -0.4 is 5.73 Å². The summed E-state index contributed by atoms with van der Waals surface area (Å²) in [6.45, 7) is 1.92. The van der Waals surface area contributed by atoms with Gasteiger partial charge < -0.3 is 5.73 Å². The molecule has 4 heterocycles. The van der Waals surface area contributed by atoms with Crippen LogP contribution >= 0.6 is 0 Å². The lowest BCUT2D eigenvalue weighted by molar-refractivity contribution is 0.621. The van der Waals surface area contributed by atoms with Crippen LogP contribution in [-0.4, -0.2) is 29.5 Å². The summed E-state index contributed by atoms with van der Waals surface area (Å²) < 4.78 is 15.1. The molecule has 0 atom stereocenters. The molecule has 0 amide bonds. The summed E-state index contributed by atoms with van der Waals surface area (Å²) >= 11 is 0. The van der Waals surface area contributed by atoms with Crippen LogP contribution in [-0.2, 0) is 0 Å². The Hall–Kier alpha value is -3.94. The summed E-state index contributed by atoms with van der Waals surface area (Å²) in [5.41, 5.74) is 11.4. The number of pyridine rings is 2. The summed E-state index contributed by atoms with van der Waals surface area (Å²) in [5.74, 6) is 0.626. The second kappa shape index (κ2) is 6.05. The molecule has 136 valence electrons. The van der Waals surface area contributed by atoms with Crippen molar-refractivity contribution in [3.05, 3.63) is 66.4 Å². The molecule has 28 heavy (non-hydrogen) atoms. The van der Waals surface area contributed by atoms with Gasteiger partial charge in [-0.1, -0.05) is 6.07 Å². The quantitative estimate of drug-likeness (QED) is 0.511. The molecule has 5 rings (SSSR count). The van der Waals surface area contributed by atoms with E-state index in [1.807, 2.05) is 35.6 Å². The first-order valence-electron chi connectivity index (χ1n) is 8.58. The van der Waals surface area contributed by atoms with E-state index in [2.05, 4.69) is 25.1 Å². The van der Waals surface area contributed by atoms with Gasteiger partial charge in [-0.05, 0) is 48.4 Å². The van der Waals surface area contributed by atoms with Crippen molar-refractivity contribution in [2.24, 2.45) is 0 Å². The summed E-state index contributed by atoms with van der Waals surface area (Å²) in [4.78, 5) is 12.8. The van der Waals surface area contributed by atoms with Gasteiger partial charge in [0.25, 0.3) is 0 Å². The van der Waals surface area contributed by atoms with E-state index in [9.17, 15) is 4.39 Å². The number of nitrogens with zero attached hydrogens (tertiary/aromatic N) is 6. The van der Waals surface area contributed by atoms with E-state index >= 15 is 0 Å². The van der Waals surface area contributed by atoms with Crippen molar-refractivity contribution in [1.29, 1.82) is 0 Å². The summed E-state index contributed by atoms with van der Waals surface area (Å²) in [6.07, 6.45) is 4.55. The Labute approximate surface area is 158 Å². The lowest BCUT2D eigenvalue weighted by atomic mass is 10.0. The predicted molar refractivity (Wildman–Crippen MR) is 104 cm³/mol. The van der Waals surface area contributed by atoms with Crippen molar-refractivity contribution < 1.29 is 4.39 Å². The Morgan fingerprint density at radius 3 is 2.57 bits per heavy atom. The van der Waals surface area contributed by atoms with Crippen LogP contribution in [0.1, 0.15) is 5.56 Å². The molecule has 0 fully saturated rings. The number of hydrogen-bond acceptors (Lipinski definition) is 6. The van der Waals surface area contributed by atoms with Crippen molar-refractivity contribution in [1.82, 2.24) is 29.5 Å². The van der Waals surface area contributed by atoms with Gasteiger partial charge in [-0.3, -0.25) is 9.38 Å². The fourth-order valence-corrected chi connectivity index (χ4v) is 3.15. The van der Waals surface area contributed by atoms with Crippen molar-refractivity contribution in [3.8, 4) is 22.6 Å². The number of halogens is 1. The lowest BCUT2D eigenvalue weighted by Gasteiger charge is -2.08. The molecule has 1 aromatic carbocycles. The Balaban J connectivity index is 1.77. The van der Waals surface area contributed by atoms with Crippen LogP contribution in [0.3, 0.4) is 0 Å². The van der Waals surface area contributed by atoms with E-state index in [0.29, 0.717) is 23.0 Å². The topological polar surface area (TPSA) is 94.9 Å². The molecule has 0 aliphatic rings. The molecule has 0 aliphatic carbocycles. The Bertz CT molecular complexity index is 1340. The van der Waals surface area contributed by atoms with Gasteiger partial charge in [-0.15, -0.1) is 10.2 Å². The van der Waals surface area contributed by atoms with Crippen molar-refractivity contribution in [3.63, 3.8) is 0 Å². The van der Waals surface area contributed by atoms with E-state index in [1.165, 1.54) is 6.07 Å². The maximum Gasteiger partial charge on any atom is 0.187 e. The first kappa shape index (κ1) is 16.2. The zero-order chi connectivity index (χ0) is 19.3. The minimum absolute atomic E-state index is 0.405. The average Bonchev–Trinajstić information content (AvgIpc) is 3.15. The van der Waals surface area contributed by atoms with Gasteiger partial charge in [0.05, 0.1) is 23.4 Å². The maximum atomic E-state index is 13.3. The van der Waals surface area contributed by atoms with Crippen LogP contribution in [0, 0.1) is 12.7 Å². The van der Waals surface area contributed by atoms with E-state index in [0.717, 1.165) is 33.9 Å². The molecule has 0 spiro atoms. The van der Waals surface area contributed by atoms with Crippen molar-refractivity contribution in [2.45, 2.75) is 6.92 Å². The Kier molecular flexibility index (Phi) is 3.51. The second-order valence-electron chi connectivity index (χ2n) is 6.47. The molecular formula is C20H14FN7. The molecule has 0 unspecified atom stereocenters. The number of rotatable bonds is 2. The van der Waals surface area contributed by atoms with Gasteiger partial charge in [0.1, 0.15) is 17.3 Å². The first-order chi connectivity index (χ1) is 13.6. The normalized spacial score (nSPS) is 11.4. The zero-order valence-electron chi connectivity index (χ0n) is 14.8. The van der Waals surface area contributed by atoms with Crippen LogP contribution in [0.15, 0.2) is 55.0 Å². The van der Waals surface area contributed by atoms with Gasteiger partial charge >= 0.3 is 0 Å². The molecular weight excluding hydrogens is 357 g/mol. The van der Waals surface area contributed by atoms with E-state index in [1.54, 1.807) is 18.5 Å². The Morgan fingerprint density at radius 1 is 0.893 bits per heavy atom. The fourth-order valence-electron chi connectivity index (χ4n) is 3.15. The van der Waals surface area contributed by atoms with Crippen LogP contribution in [0.5, 0.6) is 0 Å². The largest absolute Gasteiger partial charge is 0.383 e. The average molecular weight is 371 g/mol. The minimum atomic E-state index is -0.405. The fraction of sp³-hybridized carbons (Fsp3) is 0.0500. The highest BCUT2D eigenvalue weighted by Crippen LogP contribution is 2.27. The number of nitrogens with two attached hydrogens (primary N) is 1. The lowest BCUT2D eigenvalue weighted by Crippen LogP contribution is -1.97. The molecule has 2 N–H and O–H groups in total. The van der Waals surface area contributed by atoms with E-state index < -0.39 is 5.82 Å². The third-order valence-corrected chi connectivity index (χ3v) is 4.63. The maximum absolute atomic E-state index is 13.3. The van der Waals surface area contributed by atoms with E-state index in [4.69, 9.17) is 5.73 Å². The van der Waals surface area contributed by atoms with Gasteiger partial charge in [-0.2, -0.15) is 0 Å². The number of hydrogen-bond donors (Lipinski definition) is 1. The number of nitrogen functional groups attached to an aromatic ring is 1. The predicted octanol–water partition coefficient (Wildman–Crippen LogP) is 3.43. The highest BCUT2D eigenvalue weighted by atomic mass is 19.1. The number of benzene rings is 1. The molecule has 0 saturated carbocycles. The van der Waals surface area contributed by atoms with Gasteiger partial charge in [-0.25, -0.2) is 14.4 Å². The smallest absolute Gasteiger partial charge is 0.187 e. The van der Waals surface area contributed by atoms with Crippen LogP contribution in [0.2, 0.25) is 0 Å². The van der Waals surface area contributed by atoms with Gasteiger partial charge in [0.15, 0.2) is 11.5 Å². The van der Waals surface area contributed by atoms with E-state index in [-0.39, 0.29) is 0 Å². The SMILES string of the molecule is Cc1cc(-c2ccc3ncc4nnc(-c5ccc(F)cn5)n4c3c2)cnc1N. The highest BCUT2D eigenvalue weighted by Gasteiger charge is 2.14. The first-order valence-corrected chi connectivity index (χ1v) is 8.58. The molecule has 5 aromatic rings. The molecule has 8 heteroatoms. The monoisotopic (exact) mass is 371 g/mol. The summed E-state index contributed by atoms with van der Waals surface area (Å²) in [6, 6.07) is 10.8. The second-order valence-corrected chi connectivity index (χ2v) is 6.47. The molecule has 0 radical (unpaired) electrons. The number of anilines is 1. The molecule has 7 nitrogen and oxygen atoms in total. The van der Waals surface area contributed by atoms with Gasteiger partial charge in [0, 0.05) is 11.8 Å². The summed E-state index contributed by atoms with van der Waals surface area (Å²) in [5, 5.41) is 8.42. The number of aryl methyl sites for hydroxylation is 1. The third kappa shape index (κ3) is 2.54. The van der Waals surface area contributed by atoms with Crippen molar-refractivity contribution in [2.75, 3.05) is 5.73 Å².